The van der Waals surface area contributed by atoms with Crippen molar-refractivity contribution in [3.63, 3.8) is 0 Å². The van der Waals surface area contributed by atoms with Crippen LogP contribution in [0.4, 0.5) is 0 Å². The van der Waals surface area contributed by atoms with Crippen LogP contribution >= 0.6 is 0 Å². The smallest absolute Gasteiger partial charge is 0.0594 e. The van der Waals surface area contributed by atoms with Crippen molar-refractivity contribution in [2.45, 2.75) is 38.6 Å². The predicted octanol–water partition coefficient (Wildman–Crippen LogP) is 1.23. The number of nitrogens with two attached hydrogens (primary N) is 1. The minimum atomic E-state index is 0.634. The van der Waals surface area contributed by atoms with Crippen molar-refractivity contribution in [3.8, 4) is 0 Å². The molecule has 1 rings (SSSR count). The van der Waals surface area contributed by atoms with E-state index in [0.717, 1.165) is 19.2 Å². The fourth-order valence-electron chi connectivity index (χ4n) is 2.03. The Morgan fingerprint density at radius 3 is 2.93 bits per heavy atom. The van der Waals surface area contributed by atoms with Gasteiger partial charge in [0.25, 0.3) is 0 Å². The van der Waals surface area contributed by atoms with Gasteiger partial charge in [0.2, 0.25) is 0 Å². The Morgan fingerprint density at radius 2 is 2.14 bits per heavy atom. The predicted molar refractivity (Wildman–Crippen MR) is 59.4 cm³/mol. The third-order valence-corrected chi connectivity index (χ3v) is 2.98. The monoisotopic (exact) mass is 200 g/mol. The lowest BCUT2D eigenvalue weighted by molar-refractivity contribution is 0.0954. The zero-order chi connectivity index (χ0) is 10.2. The number of hydrogen-bond acceptors (Lipinski definition) is 3. The summed E-state index contributed by atoms with van der Waals surface area (Å²) in [4.78, 5) is 2.55. The number of nitrogens with zero attached hydrogens (tertiary/aromatic N) is 1. The van der Waals surface area contributed by atoms with Crippen molar-refractivity contribution < 1.29 is 4.74 Å². The Kier molecular flexibility index (Phi) is 6.15. The van der Waals surface area contributed by atoms with Crippen molar-refractivity contribution in [2.24, 2.45) is 5.73 Å². The van der Waals surface area contributed by atoms with E-state index in [-0.39, 0.29) is 0 Å². The molecule has 0 aromatic rings. The maximum atomic E-state index is 5.41. The molecular formula is C11H24N2O. The molecular weight excluding hydrogens is 176 g/mol. The van der Waals surface area contributed by atoms with Gasteiger partial charge in [-0.25, -0.2) is 0 Å². The maximum absolute atomic E-state index is 5.41. The molecule has 1 fully saturated rings. The lowest BCUT2D eigenvalue weighted by Crippen LogP contribution is -2.35. The minimum absolute atomic E-state index is 0.634. The SMILES string of the molecule is CC1CCCCCN1CCOCCN. The van der Waals surface area contributed by atoms with Crippen LogP contribution in [0.5, 0.6) is 0 Å². The molecule has 0 spiro atoms. The van der Waals surface area contributed by atoms with Gasteiger partial charge in [0.1, 0.15) is 0 Å². The highest BCUT2D eigenvalue weighted by atomic mass is 16.5. The molecule has 0 amide bonds. The lowest BCUT2D eigenvalue weighted by atomic mass is 10.1. The molecule has 3 heteroatoms. The molecule has 0 bridgehead atoms. The second-order valence-electron chi connectivity index (χ2n) is 4.14. The highest BCUT2D eigenvalue weighted by Crippen LogP contribution is 2.15. The number of ether oxygens (including phenoxy) is 1. The molecule has 1 aliphatic rings. The Morgan fingerprint density at radius 1 is 1.29 bits per heavy atom. The van der Waals surface area contributed by atoms with Crippen molar-refractivity contribution in [2.75, 3.05) is 32.8 Å². The lowest BCUT2D eigenvalue weighted by Gasteiger charge is -2.26. The second-order valence-corrected chi connectivity index (χ2v) is 4.14. The van der Waals surface area contributed by atoms with Gasteiger partial charge in [0, 0.05) is 19.1 Å². The van der Waals surface area contributed by atoms with Crippen LogP contribution < -0.4 is 5.73 Å². The third kappa shape index (κ3) is 4.40. The van der Waals surface area contributed by atoms with Crippen LogP contribution in [0.25, 0.3) is 0 Å². The molecule has 0 radical (unpaired) electrons. The van der Waals surface area contributed by atoms with Crippen molar-refractivity contribution >= 4 is 0 Å². The topological polar surface area (TPSA) is 38.5 Å². The first-order valence-corrected chi connectivity index (χ1v) is 5.86. The first kappa shape index (κ1) is 12.0. The molecule has 1 heterocycles. The molecule has 84 valence electrons. The van der Waals surface area contributed by atoms with Gasteiger partial charge in [-0.2, -0.15) is 0 Å². The number of rotatable bonds is 5. The summed E-state index contributed by atoms with van der Waals surface area (Å²) in [6.07, 6.45) is 5.48. The van der Waals surface area contributed by atoms with E-state index >= 15 is 0 Å². The molecule has 14 heavy (non-hydrogen) atoms. The van der Waals surface area contributed by atoms with Crippen LogP contribution in [-0.2, 0) is 4.74 Å². The van der Waals surface area contributed by atoms with E-state index in [2.05, 4.69) is 11.8 Å². The van der Waals surface area contributed by atoms with Gasteiger partial charge in [0.05, 0.1) is 13.2 Å². The zero-order valence-electron chi connectivity index (χ0n) is 9.37. The number of hydrogen-bond donors (Lipinski definition) is 1. The van der Waals surface area contributed by atoms with Crippen molar-refractivity contribution in [1.29, 1.82) is 0 Å². The molecule has 0 aromatic heterocycles. The normalized spacial score (nSPS) is 24.9. The Bertz CT molecular complexity index is 141. The van der Waals surface area contributed by atoms with E-state index < -0.39 is 0 Å². The molecule has 0 aromatic carbocycles. The molecule has 2 N–H and O–H groups in total. The summed E-state index contributed by atoms with van der Waals surface area (Å²) in [5.41, 5.74) is 5.36. The van der Waals surface area contributed by atoms with Gasteiger partial charge in [0.15, 0.2) is 0 Å². The van der Waals surface area contributed by atoms with Crippen LogP contribution in [0.3, 0.4) is 0 Å². The van der Waals surface area contributed by atoms with Gasteiger partial charge in [-0.15, -0.1) is 0 Å². The van der Waals surface area contributed by atoms with Crippen LogP contribution in [0.1, 0.15) is 32.6 Å². The van der Waals surface area contributed by atoms with E-state index in [4.69, 9.17) is 10.5 Å². The van der Waals surface area contributed by atoms with Crippen LogP contribution in [0.2, 0.25) is 0 Å². The van der Waals surface area contributed by atoms with E-state index in [1.807, 2.05) is 0 Å². The molecule has 1 atom stereocenters. The van der Waals surface area contributed by atoms with Crippen LogP contribution in [-0.4, -0.2) is 43.8 Å². The van der Waals surface area contributed by atoms with Gasteiger partial charge < -0.3 is 10.5 Å². The van der Waals surface area contributed by atoms with Crippen LogP contribution in [0.15, 0.2) is 0 Å². The van der Waals surface area contributed by atoms with E-state index in [9.17, 15) is 0 Å². The first-order chi connectivity index (χ1) is 6.84. The van der Waals surface area contributed by atoms with Gasteiger partial charge in [-0.05, 0) is 26.3 Å². The summed E-state index contributed by atoms with van der Waals surface area (Å²) in [6, 6.07) is 0.735. The molecule has 0 saturated carbocycles. The summed E-state index contributed by atoms with van der Waals surface area (Å²) >= 11 is 0. The Balaban J connectivity index is 2.13. The highest BCUT2D eigenvalue weighted by molar-refractivity contribution is 4.71. The first-order valence-electron chi connectivity index (χ1n) is 5.86. The van der Waals surface area contributed by atoms with Crippen molar-refractivity contribution in [1.82, 2.24) is 4.90 Å². The zero-order valence-corrected chi connectivity index (χ0v) is 9.37. The standard InChI is InChI=1S/C11H24N2O/c1-11-5-3-2-4-7-13(11)8-10-14-9-6-12/h11H,2-10,12H2,1H3. The fraction of sp³-hybridized carbons (Fsp3) is 1.00. The average molecular weight is 200 g/mol. The van der Waals surface area contributed by atoms with Gasteiger partial charge in [-0.3, -0.25) is 4.90 Å². The Labute approximate surface area is 87.6 Å². The summed E-state index contributed by atoms with van der Waals surface area (Å²) in [7, 11) is 0. The van der Waals surface area contributed by atoms with Gasteiger partial charge >= 0.3 is 0 Å². The van der Waals surface area contributed by atoms with Crippen LogP contribution in [0, 0.1) is 0 Å². The number of likely N-dealkylation sites (tertiary alicyclic amines) is 1. The minimum Gasteiger partial charge on any atom is -0.379 e. The molecule has 1 aliphatic heterocycles. The quantitative estimate of drug-likeness (QED) is 0.678. The van der Waals surface area contributed by atoms with Crippen molar-refractivity contribution in [3.05, 3.63) is 0 Å². The molecule has 0 aliphatic carbocycles. The third-order valence-electron chi connectivity index (χ3n) is 2.98. The molecule has 1 saturated heterocycles. The second kappa shape index (κ2) is 7.21. The van der Waals surface area contributed by atoms with E-state index in [1.165, 1.54) is 32.2 Å². The van der Waals surface area contributed by atoms with E-state index in [0.29, 0.717) is 13.2 Å². The average Bonchev–Trinajstić information content (AvgIpc) is 2.39. The summed E-state index contributed by atoms with van der Waals surface area (Å²) in [5.74, 6) is 0. The van der Waals surface area contributed by atoms with Gasteiger partial charge in [-0.1, -0.05) is 12.8 Å². The summed E-state index contributed by atoms with van der Waals surface area (Å²) in [6.45, 7) is 6.81. The summed E-state index contributed by atoms with van der Waals surface area (Å²) in [5, 5.41) is 0. The molecule has 1 unspecified atom stereocenters. The molecule has 3 nitrogen and oxygen atoms in total. The summed E-state index contributed by atoms with van der Waals surface area (Å²) < 4.78 is 5.41. The Hall–Kier alpha value is -0.120. The van der Waals surface area contributed by atoms with E-state index in [1.54, 1.807) is 0 Å². The fourth-order valence-corrected chi connectivity index (χ4v) is 2.03. The highest BCUT2D eigenvalue weighted by Gasteiger charge is 2.15. The maximum Gasteiger partial charge on any atom is 0.0594 e. The largest absolute Gasteiger partial charge is 0.379 e.